The number of fused-ring (bicyclic) bond motifs is 1. The summed E-state index contributed by atoms with van der Waals surface area (Å²) in [7, 11) is 1.25. The molecule has 158 valence electrons. The van der Waals surface area contributed by atoms with Crippen molar-refractivity contribution in [2.75, 3.05) is 13.7 Å². The zero-order valence-corrected chi connectivity index (χ0v) is 17.6. The first-order chi connectivity index (χ1) is 14.2. The maximum atomic E-state index is 12.7. The normalized spacial score (nSPS) is 12.6. The molecule has 7 nitrogen and oxygen atoms in total. The van der Waals surface area contributed by atoms with Crippen LogP contribution in [0, 0.1) is 0 Å². The molecule has 0 spiro atoms. The van der Waals surface area contributed by atoms with Crippen LogP contribution in [0.25, 0.3) is 10.8 Å². The van der Waals surface area contributed by atoms with Gasteiger partial charge in [0.25, 0.3) is 5.56 Å². The van der Waals surface area contributed by atoms with E-state index >= 15 is 0 Å². The summed E-state index contributed by atoms with van der Waals surface area (Å²) in [6.07, 6.45) is -0.996. The van der Waals surface area contributed by atoms with Gasteiger partial charge in [0.1, 0.15) is 18.5 Å². The lowest BCUT2D eigenvalue weighted by Gasteiger charge is -2.19. The van der Waals surface area contributed by atoms with Gasteiger partial charge in [0, 0.05) is 5.39 Å². The number of carbonyl (C=O) groups is 1. The zero-order valence-electron chi connectivity index (χ0n) is 17.6. The summed E-state index contributed by atoms with van der Waals surface area (Å²) in [6.45, 7) is 6.24. The number of carbonyl (C=O) groups excluding carboxylic acids is 1. The average molecular weight is 410 g/mol. The fourth-order valence-corrected chi connectivity index (χ4v) is 3.10. The number of rotatable bonds is 6. The van der Waals surface area contributed by atoms with E-state index in [1.807, 2.05) is 24.3 Å². The molecular formula is C23H26N2O5. The molecule has 0 aliphatic heterocycles. The van der Waals surface area contributed by atoms with Crippen molar-refractivity contribution in [3.63, 3.8) is 0 Å². The Hall–Kier alpha value is -3.19. The Morgan fingerprint density at radius 3 is 2.33 bits per heavy atom. The van der Waals surface area contributed by atoms with Gasteiger partial charge in [-0.3, -0.25) is 4.79 Å². The number of aliphatic hydroxyl groups excluding tert-OH is 1. The van der Waals surface area contributed by atoms with Crippen LogP contribution < -0.4 is 10.3 Å². The van der Waals surface area contributed by atoms with E-state index in [1.165, 1.54) is 12.7 Å². The minimum absolute atomic E-state index is 0.0244. The Labute approximate surface area is 174 Å². The summed E-state index contributed by atoms with van der Waals surface area (Å²) in [5.41, 5.74) is 0.848. The lowest BCUT2D eigenvalue weighted by atomic mass is 9.87. The van der Waals surface area contributed by atoms with Gasteiger partial charge in [-0.25, -0.2) is 9.48 Å². The van der Waals surface area contributed by atoms with Crippen molar-refractivity contribution < 1.29 is 19.4 Å². The van der Waals surface area contributed by atoms with Gasteiger partial charge in [-0.05, 0) is 29.2 Å². The van der Waals surface area contributed by atoms with Crippen molar-refractivity contribution in [1.82, 2.24) is 9.78 Å². The van der Waals surface area contributed by atoms with Crippen molar-refractivity contribution in [3.05, 3.63) is 70.1 Å². The molecule has 0 aliphatic rings. The smallest absolute Gasteiger partial charge is 0.359 e. The number of benzene rings is 2. The second-order valence-corrected chi connectivity index (χ2v) is 8.11. The van der Waals surface area contributed by atoms with E-state index in [0.717, 1.165) is 4.68 Å². The number of aliphatic hydroxyl groups is 1. The van der Waals surface area contributed by atoms with Crippen molar-refractivity contribution in [2.45, 2.75) is 38.8 Å². The SMILES string of the molecule is COC(=O)c1nn(C[C@H](O)COc2ccc(C(C)(C)C)cc2)c(=O)c2ccccc12. The average Bonchev–Trinajstić information content (AvgIpc) is 2.73. The van der Waals surface area contributed by atoms with Crippen molar-refractivity contribution in [3.8, 4) is 5.75 Å². The highest BCUT2D eigenvalue weighted by molar-refractivity contribution is 6.01. The van der Waals surface area contributed by atoms with Crippen LogP contribution >= 0.6 is 0 Å². The predicted octanol–water partition coefficient (Wildman–Crippen LogP) is 2.92. The monoisotopic (exact) mass is 410 g/mol. The number of nitrogens with zero attached hydrogens (tertiary/aromatic N) is 2. The summed E-state index contributed by atoms with van der Waals surface area (Å²) in [5, 5.41) is 15.3. The molecule has 30 heavy (non-hydrogen) atoms. The predicted molar refractivity (Wildman–Crippen MR) is 114 cm³/mol. The molecule has 0 saturated heterocycles. The quantitative estimate of drug-likeness (QED) is 0.629. The van der Waals surface area contributed by atoms with Crippen LogP contribution in [-0.2, 0) is 16.7 Å². The van der Waals surface area contributed by atoms with Gasteiger partial charge in [-0.2, -0.15) is 5.10 Å². The third kappa shape index (κ3) is 4.68. The second kappa shape index (κ2) is 8.67. The van der Waals surface area contributed by atoms with Gasteiger partial charge in [0.15, 0.2) is 5.69 Å². The second-order valence-electron chi connectivity index (χ2n) is 8.11. The van der Waals surface area contributed by atoms with Gasteiger partial charge in [0.2, 0.25) is 0 Å². The van der Waals surface area contributed by atoms with E-state index in [4.69, 9.17) is 9.47 Å². The molecule has 2 aromatic carbocycles. The summed E-state index contributed by atoms with van der Waals surface area (Å²) >= 11 is 0. The highest BCUT2D eigenvalue weighted by atomic mass is 16.5. The molecule has 1 N–H and O–H groups in total. The molecule has 0 amide bonds. The Morgan fingerprint density at radius 1 is 1.10 bits per heavy atom. The molecule has 0 radical (unpaired) electrons. The number of hydrogen-bond donors (Lipinski definition) is 1. The highest BCUT2D eigenvalue weighted by Crippen LogP contribution is 2.24. The van der Waals surface area contributed by atoms with E-state index in [9.17, 15) is 14.7 Å². The molecule has 0 fully saturated rings. The van der Waals surface area contributed by atoms with Gasteiger partial charge in [0.05, 0.1) is 19.0 Å². The van der Waals surface area contributed by atoms with Crippen LogP contribution in [-0.4, -0.2) is 40.7 Å². The third-order valence-electron chi connectivity index (χ3n) is 4.79. The maximum absolute atomic E-state index is 12.7. The Morgan fingerprint density at radius 2 is 1.73 bits per heavy atom. The van der Waals surface area contributed by atoms with Gasteiger partial charge >= 0.3 is 5.97 Å². The first-order valence-corrected chi connectivity index (χ1v) is 9.70. The van der Waals surface area contributed by atoms with E-state index in [1.54, 1.807) is 24.3 Å². The Kier molecular flexibility index (Phi) is 6.22. The molecule has 1 aromatic heterocycles. The van der Waals surface area contributed by atoms with Crippen LogP contribution in [0.1, 0.15) is 36.8 Å². The Bertz CT molecular complexity index is 1100. The van der Waals surface area contributed by atoms with Crippen LogP contribution in [0.5, 0.6) is 5.75 Å². The largest absolute Gasteiger partial charge is 0.491 e. The van der Waals surface area contributed by atoms with Crippen LogP contribution in [0.15, 0.2) is 53.3 Å². The number of esters is 1. The topological polar surface area (TPSA) is 90.7 Å². The molecule has 0 bridgehead atoms. The van der Waals surface area contributed by atoms with Crippen LogP contribution in [0.2, 0.25) is 0 Å². The Balaban J connectivity index is 1.76. The molecule has 0 saturated carbocycles. The molecular weight excluding hydrogens is 384 g/mol. The summed E-state index contributed by atoms with van der Waals surface area (Å²) in [6, 6.07) is 14.3. The molecule has 1 heterocycles. The minimum Gasteiger partial charge on any atom is -0.491 e. The van der Waals surface area contributed by atoms with Crippen LogP contribution in [0.3, 0.4) is 0 Å². The molecule has 0 unspecified atom stereocenters. The van der Waals surface area contributed by atoms with E-state index in [2.05, 4.69) is 25.9 Å². The van der Waals surface area contributed by atoms with Gasteiger partial charge in [-0.15, -0.1) is 0 Å². The molecule has 0 aliphatic carbocycles. The van der Waals surface area contributed by atoms with E-state index in [-0.39, 0.29) is 24.3 Å². The lowest BCUT2D eigenvalue weighted by molar-refractivity contribution is 0.0588. The number of methoxy groups -OCH3 is 1. The minimum atomic E-state index is -0.996. The molecule has 3 rings (SSSR count). The summed E-state index contributed by atoms with van der Waals surface area (Å²) in [5.74, 6) is -0.0271. The summed E-state index contributed by atoms with van der Waals surface area (Å²) < 4.78 is 11.5. The van der Waals surface area contributed by atoms with Crippen molar-refractivity contribution >= 4 is 16.7 Å². The standard InChI is InChI=1S/C23H26N2O5/c1-23(2,3)15-9-11-17(12-10-15)30-14-16(26)13-25-21(27)19-8-6-5-7-18(19)20(24-25)22(28)29-4/h5-12,16,26H,13-14H2,1-4H3/t16-/m0/s1. The van der Waals surface area contributed by atoms with Gasteiger partial charge in [-0.1, -0.05) is 51.1 Å². The van der Waals surface area contributed by atoms with E-state index in [0.29, 0.717) is 16.5 Å². The molecule has 1 atom stereocenters. The number of hydrogen-bond acceptors (Lipinski definition) is 6. The van der Waals surface area contributed by atoms with E-state index < -0.39 is 17.6 Å². The number of ether oxygens (including phenoxy) is 2. The number of aromatic nitrogens is 2. The zero-order chi connectivity index (χ0) is 21.9. The molecule has 3 aromatic rings. The lowest BCUT2D eigenvalue weighted by Crippen LogP contribution is -2.33. The van der Waals surface area contributed by atoms with Crippen molar-refractivity contribution in [2.24, 2.45) is 0 Å². The van der Waals surface area contributed by atoms with Crippen molar-refractivity contribution in [1.29, 1.82) is 0 Å². The first kappa shape index (κ1) is 21.5. The fraction of sp³-hybridized carbons (Fsp3) is 0.348. The first-order valence-electron chi connectivity index (χ1n) is 9.70. The van der Waals surface area contributed by atoms with Crippen LogP contribution in [0.4, 0.5) is 0 Å². The molecule has 7 heteroatoms. The van der Waals surface area contributed by atoms with Gasteiger partial charge < -0.3 is 14.6 Å². The third-order valence-corrected chi connectivity index (χ3v) is 4.79. The maximum Gasteiger partial charge on any atom is 0.359 e. The summed E-state index contributed by atoms with van der Waals surface area (Å²) in [4.78, 5) is 24.8. The fourth-order valence-electron chi connectivity index (χ4n) is 3.10. The highest BCUT2D eigenvalue weighted by Gasteiger charge is 2.19.